The summed E-state index contributed by atoms with van der Waals surface area (Å²) >= 11 is 1.33. The van der Waals surface area contributed by atoms with Crippen molar-refractivity contribution in [2.24, 2.45) is 5.92 Å². The number of benzene rings is 1. The smallest absolute Gasteiger partial charge is 0.307 e. The first-order chi connectivity index (χ1) is 11.8. The van der Waals surface area contributed by atoms with E-state index in [-0.39, 0.29) is 17.4 Å². The van der Waals surface area contributed by atoms with Crippen LogP contribution in [0.25, 0.3) is 0 Å². The molecule has 25 heavy (non-hydrogen) atoms. The number of thiazole rings is 1. The molecule has 0 aliphatic carbocycles. The zero-order valence-corrected chi connectivity index (χ0v) is 15.4. The van der Waals surface area contributed by atoms with Gasteiger partial charge in [0, 0.05) is 11.4 Å². The summed E-state index contributed by atoms with van der Waals surface area (Å²) in [6.45, 7) is 4.88. The van der Waals surface area contributed by atoms with Gasteiger partial charge in [-0.1, -0.05) is 37.3 Å². The molecule has 0 saturated heterocycles. The Labute approximate surface area is 150 Å². The predicted octanol–water partition coefficient (Wildman–Crippen LogP) is 2.37. The van der Waals surface area contributed by atoms with E-state index in [0.29, 0.717) is 23.2 Å². The first-order valence-electron chi connectivity index (χ1n) is 7.83. The first-order valence-corrected chi connectivity index (χ1v) is 10.1. The summed E-state index contributed by atoms with van der Waals surface area (Å²) in [5, 5.41) is 12.5. The summed E-state index contributed by atoms with van der Waals surface area (Å²) in [6.07, 6.45) is -0.142. The fourth-order valence-corrected chi connectivity index (χ4v) is 4.96. The van der Waals surface area contributed by atoms with Crippen molar-refractivity contribution in [2.45, 2.75) is 37.8 Å². The summed E-state index contributed by atoms with van der Waals surface area (Å²) in [5.41, 5.74) is 1.46. The van der Waals surface area contributed by atoms with E-state index in [9.17, 15) is 13.2 Å². The van der Waals surface area contributed by atoms with E-state index in [1.54, 1.807) is 0 Å². The summed E-state index contributed by atoms with van der Waals surface area (Å²) < 4.78 is 27.5. The molecular weight excluding hydrogens is 362 g/mol. The molecule has 0 amide bonds. The van der Waals surface area contributed by atoms with Crippen LogP contribution in [0.2, 0.25) is 0 Å². The molecule has 0 saturated carbocycles. The lowest BCUT2D eigenvalue weighted by atomic mass is 10.0. The number of carboxylic acids is 1. The van der Waals surface area contributed by atoms with Crippen molar-refractivity contribution < 1.29 is 18.3 Å². The topological polar surface area (TPSA) is 108 Å². The number of carboxylic acid groups (broad SMARTS) is 1. The number of sulfonamides is 1. The molecule has 1 aliphatic heterocycles. The molecule has 2 aromatic rings. The van der Waals surface area contributed by atoms with Crippen molar-refractivity contribution in [3.8, 4) is 0 Å². The Morgan fingerprint density at radius 2 is 2.08 bits per heavy atom. The van der Waals surface area contributed by atoms with Crippen molar-refractivity contribution in [3.05, 3.63) is 40.4 Å². The summed E-state index contributed by atoms with van der Waals surface area (Å²) in [6, 6.07) is 5.95. The largest absolute Gasteiger partial charge is 0.481 e. The second-order valence-electron chi connectivity index (χ2n) is 6.25. The lowest BCUT2D eigenvalue weighted by molar-refractivity contribution is -0.136. The Bertz CT molecular complexity index is 889. The number of fused-ring (bicyclic) bond motifs is 1. The zero-order chi connectivity index (χ0) is 18.2. The number of rotatable bonds is 6. The summed E-state index contributed by atoms with van der Waals surface area (Å²) in [7, 11) is -3.75. The van der Waals surface area contributed by atoms with Crippen molar-refractivity contribution in [1.29, 1.82) is 0 Å². The predicted molar refractivity (Wildman–Crippen MR) is 95.1 cm³/mol. The molecule has 9 heteroatoms. The van der Waals surface area contributed by atoms with Crippen molar-refractivity contribution in [2.75, 3.05) is 4.72 Å². The van der Waals surface area contributed by atoms with Gasteiger partial charge in [0.05, 0.1) is 23.1 Å². The maximum Gasteiger partial charge on any atom is 0.307 e. The minimum Gasteiger partial charge on any atom is -0.481 e. The monoisotopic (exact) mass is 381 g/mol. The maximum absolute atomic E-state index is 12.5. The number of hydrogen-bond donors (Lipinski definition) is 3. The standard InChI is InChI=1S/C16H19N3O4S2/c1-9(2)14-15-12(8-17-14)24-16(18-15)19-25(22,23)11-5-3-10(4-6-11)7-13(20)21/h3-6,9,14,17H,7-8H2,1-2H3,(H,18,19)(H,20,21)/t14-/m0/s1. The van der Waals surface area contributed by atoms with Gasteiger partial charge < -0.3 is 10.4 Å². The van der Waals surface area contributed by atoms with Crippen molar-refractivity contribution in [1.82, 2.24) is 10.3 Å². The molecule has 2 heterocycles. The third kappa shape index (κ3) is 3.83. The highest BCUT2D eigenvalue weighted by Crippen LogP contribution is 2.36. The molecule has 1 atom stereocenters. The Hall–Kier alpha value is -1.97. The molecule has 1 aromatic heterocycles. The van der Waals surface area contributed by atoms with Gasteiger partial charge in [-0.2, -0.15) is 0 Å². The number of anilines is 1. The van der Waals surface area contributed by atoms with Crippen molar-refractivity contribution in [3.63, 3.8) is 0 Å². The summed E-state index contributed by atoms with van der Waals surface area (Å²) in [4.78, 5) is 16.3. The van der Waals surface area contributed by atoms with Crippen LogP contribution < -0.4 is 10.0 Å². The lowest BCUT2D eigenvalue weighted by Gasteiger charge is -2.14. The van der Waals surface area contributed by atoms with E-state index in [1.807, 2.05) is 0 Å². The lowest BCUT2D eigenvalue weighted by Crippen LogP contribution is -2.19. The summed E-state index contributed by atoms with van der Waals surface area (Å²) in [5.74, 6) is -0.589. The fourth-order valence-electron chi connectivity index (χ4n) is 2.76. The molecule has 0 spiro atoms. The molecule has 3 N–H and O–H groups in total. The first kappa shape index (κ1) is 17.8. The second kappa shape index (κ2) is 6.74. The second-order valence-corrected chi connectivity index (χ2v) is 9.02. The SMILES string of the molecule is CC(C)[C@@H]1NCc2sc(NS(=O)(=O)c3ccc(CC(=O)O)cc3)nc21. The van der Waals surface area contributed by atoms with E-state index in [1.165, 1.54) is 35.6 Å². The molecule has 0 radical (unpaired) electrons. The van der Waals surface area contributed by atoms with Gasteiger partial charge in [0.1, 0.15) is 0 Å². The highest BCUT2D eigenvalue weighted by atomic mass is 32.2. The molecule has 134 valence electrons. The number of hydrogen-bond acceptors (Lipinski definition) is 6. The van der Waals surface area contributed by atoms with Gasteiger partial charge in [0.2, 0.25) is 0 Å². The molecule has 7 nitrogen and oxygen atoms in total. The van der Waals surface area contributed by atoms with Crippen LogP contribution in [-0.2, 0) is 27.8 Å². The maximum atomic E-state index is 12.5. The van der Waals surface area contributed by atoms with Gasteiger partial charge >= 0.3 is 5.97 Å². The average molecular weight is 381 g/mol. The molecule has 1 aliphatic rings. The van der Waals surface area contributed by atoms with Crippen LogP contribution in [0.3, 0.4) is 0 Å². The highest BCUT2D eigenvalue weighted by molar-refractivity contribution is 7.93. The Kier molecular flexibility index (Phi) is 4.81. The molecule has 0 fully saturated rings. The Morgan fingerprint density at radius 1 is 1.40 bits per heavy atom. The van der Waals surface area contributed by atoms with Gasteiger partial charge in [0.25, 0.3) is 10.0 Å². The highest BCUT2D eigenvalue weighted by Gasteiger charge is 2.29. The third-order valence-electron chi connectivity index (χ3n) is 3.98. The number of carbonyl (C=O) groups is 1. The van der Waals surface area contributed by atoms with Gasteiger partial charge in [-0.05, 0) is 23.6 Å². The van der Waals surface area contributed by atoms with Gasteiger partial charge in [0.15, 0.2) is 5.13 Å². The molecular formula is C16H19N3O4S2. The van der Waals surface area contributed by atoms with Crippen LogP contribution in [-0.4, -0.2) is 24.5 Å². The normalized spacial score (nSPS) is 16.8. The van der Waals surface area contributed by atoms with Crippen LogP contribution in [0.4, 0.5) is 5.13 Å². The third-order valence-corrected chi connectivity index (χ3v) is 6.45. The minimum atomic E-state index is -3.75. The van der Waals surface area contributed by atoms with E-state index >= 15 is 0 Å². The van der Waals surface area contributed by atoms with E-state index in [0.717, 1.165) is 10.6 Å². The minimum absolute atomic E-state index is 0.0792. The Morgan fingerprint density at radius 3 is 2.68 bits per heavy atom. The van der Waals surface area contributed by atoms with E-state index in [4.69, 9.17) is 5.11 Å². The Balaban J connectivity index is 1.78. The number of aromatic nitrogens is 1. The number of nitrogens with one attached hydrogen (secondary N) is 2. The van der Waals surface area contributed by atoms with Crippen molar-refractivity contribution >= 4 is 32.5 Å². The molecule has 0 bridgehead atoms. The van der Waals surface area contributed by atoms with Crippen LogP contribution in [0.5, 0.6) is 0 Å². The number of aliphatic carboxylic acids is 1. The van der Waals surface area contributed by atoms with Crippen LogP contribution in [0.1, 0.15) is 36.0 Å². The molecule has 1 aromatic carbocycles. The quantitative estimate of drug-likeness (QED) is 0.709. The van der Waals surface area contributed by atoms with Gasteiger partial charge in [-0.25, -0.2) is 13.4 Å². The van der Waals surface area contributed by atoms with Crippen LogP contribution in [0, 0.1) is 5.92 Å². The van der Waals surface area contributed by atoms with E-state index < -0.39 is 16.0 Å². The zero-order valence-electron chi connectivity index (χ0n) is 13.8. The number of nitrogens with zero attached hydrogens (tertiary/aromatic N) is 1. The van der Waals surface area contributed by atoms with Gasteiger partial charge in [-0.3, -0.25) is 9.52 Å². The average Bonchev–Trinajstić information content (AvgIpc) is 3.06. The van der Waals surface area contributed by atoms with Crippen LogP contribution >= 0.6 is 11.3 Å². The van der Waals surface area contributed by atoms with E-state index in [2.05, 4.69) is 28.9 Å². The fraction of sp³-hybridized carbons (Fsp3) is 0.375. The molecule has 3 rings (SSSR count). The van der Waals surface area contributed by atoms with Gasteiger partial charge in [-0.15, -0.1) is 0 Å². The van der Waals surface area contributed by atoms with Crippen LogP contribution in [0.15, 0.2) is 29.2 Å². The molecule has 0 unspecified atom stereocenters.